The maximum Gasteiger partial charge on any atom is 0.387 e. The van der Waals surface area contributed by atoms with E-state index in [1.165, 1.54) is 88.7 Å². The summed E-state index contributed by atoms with van der Waals surface area (Å²) in [6, 6.07) is 8.78. The van der Waals surface area contributed by atoms with Crippen LogP contribution in [0, 0.1) is 23.6 Å². The van der Waals surface area contributed by atoms with Crippen LogP contribution >= 0.6 is 0 Å². The molecular weight excluding hydrogens is 409 g/mol. The Labute approximate surface area is 190 Å². The molecule has 0 bridgehead atoms. The van der Waals surface area contributed by atoms with Crippen LogP contribution in [0.3, 0.4) is 0 Å². The molecule has 1 nitrogen and oxygen atoms in total. The summed E-state index contributed by atoms with van der Waals surface area (Å²) in [6.07, 6.45) is 16.2. The van der Waals surface area contributed by atoms with Crippen LogP contribution in [0.25, 0.3) is 10.8 Å². The van der Waals surface area contributed by atoms with E-state index in [4.69, 9.17) is 0 Å². The highest BCUT2D eigenvalue weighted by Gasteiger charge is 2.35. The van der Waals surface area contributed by atoms with E-state index in [1.807, 2.05) is 6.07 Å². The molecule has 4 rings (SSSR count). The van der Waals surface area contributed by atoms with Crippen molar-refractivity contribution in [2.24, 2.45) is 17.8 Å². The topological polar surface area (TPSA) is 9.23 Å². The smallest absolute Gasteiger partial charge is 0.387 e. The van der Waals surface area contributed by atoms with Crippen LogP contribution in [0.1, 0.15) is 95.5 Å². The number of alkyl halides is 2. The minimum absolute atomic E-state index is 0.347. The van der Waals surface area contributed by atoms with Gasteiger partial charge in [0.1, 0.15) is 0 Å². The maximum atomic E-state index is 14.6. The molecule has 2 aromatic rings. The largest absolute Gasteiger partial charge is 0.432 e. The van der Waals surface area contributed by atoms with E-state index in [9.17, 15) is 13.2 Å². The molecule has 4 unspecified atom stereocenters. The summed E-state index contributed by atoms with van der Waals surface area (Å²) in [4.78, 5) is 0. The molecule has 2 aliphatic carbocycles. The number of unbranched alkanes of at least 4 members (excludes halogenated alkanes) is 4. The predicted octanol–water partition coefficient (Wildman–Crippen LogP) is 9.24. The van der Waals surface area contributed by atoms with Crippen molar-refractivity contribution in [2.45, 2.75) is 96.5 Å². The number of fused-ring (bicyclic) bond motifs is 2. The van der Waals surface area contributed by atoms with Crippen molar-refractivity contribution in [1.82, 2.24) is 0 Å². The van der Waals surface area contributed by atoms with Gasteiger partial charge in [-0.15, -0.1) is 0 Å². The summed E-state index contributed by atoms with van der Waals surface area (Å²) in [7, 11) is 0. The normalized spacial score (nSPS) is 25.8. The zero-order valence-electron chi connectivity index (χ0n) is 19.3. The highest BCUT2D eigenvalue weighted by molar-refractivity contribution is 5.85. The molecule has 2 aromatic carbocycles. The minimum Gasteiger partial charge on any atom is -0.432 e. The average molecular weight is 447 g/mol. The monoisotopic (exact) mass is 446 g/mol. The van der Waals surface area contributed by atoms with Gasteiger partial charge in [-0.3, -0.25) is 0 Å². The third kappa shape index (κ3) is 5.61. The fourth-order valence-corrected chi connectivity index (χ4v) is 6.32. The van der Waals surface area contributed by atoms with Crippen molar-refractivity contribution in [3.63, 3.8) is 0 Å². The van der Waals surface area contributed by atoms with E-state index in [-0.39, 0.29) is 5.75 Å². The molecule has 0 N–H and O–H groups in total. The fraction of sp³-hybridized carbons (Fsp3) is 0.643. The van der Waals surface area contributed by atoms with Gasteiger partial charge in [0.15, 0.2) is 11.6 Å². The lowest BCUT2D eigenvalue weighted by molar-refractivity contribution is -0.0520. The van der Waals surface area contributed by atoms with E-state index in [0.29, 0.717) is 11.3 Å². The van der Waals surface area contributed by atoms with Crippen molar-refractivity contribution in [2.75, 3.05) is 0 Å². The van der Waals surface area contributed by atoms with E-state index in [2.05, 4.69) is 17.7 Å². The van der Waals surface area contributed by atoms with Crippen LogP contribution in [-0.4, -0.2) is 6.61 Å². The Bertz CT molecular complexity index is 880. The van der Waals surface area contributed by atoms with Crippen LogP contribution in [-0.2, 0) is 0 Å². The molecule has 0 aromatic heterocycles. The Morgan fingerprint density at radius 1 is 0.906 bits per heavy atom. The molecule has 32 heavy (non-hydrogen) atoms. The highest BCUT2D eigenvalue weighted by atomic mass is 19.3. The summed E-state index contributed by atoms with van der Waals surface area (Å²) in [5, 5.41) is 1.11. The molecule has 0 radical (unpaired) electrons. The number of hydrogen-bond donors (Lipinski definition) is 0. The Kier molecular flexibility index (Phi) is 8.02. The van der Waals surface area contributed by atoms with Gasteiger partial charge in [-0.25, -0.2) is 4.39 Å². The molecule has 0 amide bonds. The standard InChI is InChI=1S/C28H37F3O/c1-2-3-4-5-6-7-19-8-9-21-17-22(11-10-20(21)16-19)23-12-14-25-24(18-23)13-15-26(27(25)29)32-28(30)31/h12-15,18-22,28H,2-11,16-17H2,1H3. The third-order valence-electron chi connectivity index (χ3n) is 8.07. The van der Waals surface area contributed by atoms with Gasteiger partial charge in [0, 0.05) is 5.39 Å². The number of halogens is 3. The Hall–Kier alpha value is -1.71. The third-order valence-corrected chi connectivity index (χ3v) is 8.07. The van der Waals surface area contributed by atoms with Crippen LogP contribution in [0.2, 0.25) is 0 Å². The second kappa shape index (κ2) is 10.9. The SMILES string of the molecule is CCCCCCCC1CCC2CC(c3ccc4c(F)c(OC(F)F)ccc4c3)CCC2C1. The zero-order valence-corrected chi connectivity index (χ0v) is 19.3. The second-order valence-corrected chi connectivity index (χ2v) is 10.1. The quantitative estimate of drug-likeness (QED) is 0.349. The Balaban J connectivity index is 1.34. The number of hydrogen-bond acceptors (Lipinski definition) is 1. The summed E-state index contributed by atoms with van der Waals surface area (Å²) < 4.78 is 43.8. The highest BCUT2D eigenvalue weighted by Crippen LogP contribution is 2.48. The molecule has 0 heterocycles. The first-order chi connectivity index (χ1) is 15.5. The molecule has 176 valence electrons. The molecule has 4 atom stereocenters. The van der Waals surface area contributed by atoms with Crippen LogP contribution in [0.4, 0.5) is 13.2 Å². The first-order valence-electron chi connectivity index (χ1n) is 12.7. The van der Waals surface area contributed by atoms with E-state index in [0.717, 1.165) is 23.1 Å². The van der Waals surface area contributed by atoms with Crippen molar-refractivity contribution in [3.8, 4) is 5.75 Å². The predicted molar refractivity (Wildman–Crippen MR) is 125 cm³/mol. The average Bonchev–Trinajstić information content (AvgIpc) is 2.80. The minimum atomic E-state index is -3.02. The lowest BCUT2D eigenvalue weighted by Crippen LogP contribution is -2.30. The first-order valence-corrected chi connectivity index (χ1v) is 12.7. The molecular formula is C28H37F3O. The number of ether oxygens (including phenoxy) is 1. The van der Waals surface area contributed by atoms with Crippen LogP contribution < -0.4 is 4.74 Å². The Morgan fingerprint density at radius 3 is 2.50 bits per heavy atom. The zero-order chi connectivity index (χ0) is 22.5. The molecule has 0 aliphatic heterocycles. The molecule has 2 aliphatic rings. The van der Waals surface area contributed by atoms with E-state index < -0.39 is 12.4 Å². The molecule has 0 saturated heterocycles. The van der Waals surface area contributed by atoms with Gasteiger partial charge in [-0.1, -0.05) is 76.1 Å². The Morgan fingerprint density at radius 2 is 1.69 bits per heavy atom. The van der Waals surface area contributed by atoms with Crippen molar-refractivity contribution in [3.05, 3.63) is 41.7 Å². The van der Waals surface area contributed by atoms with Gasteiger partial charge in [-0.2, -0.15) is 8.78 Å². The molecule has 2 fully saturated rings. The van der Waals surface area contributed by atoms with Gasteiger partial charge >= 0.3 is 6.61 Å². The number of benzene rings is 2. The summed E-state index contributed by atoms with van der Waals surface area (Å²) in [5.74, 6) is 2.06. The fourth-order valence-electron chi connectivity index (χ4n) is 6.32. The lowest BCUT2D eigenvalue weighted by Gasteiger charge is -2.42. The molecule has 0 spiro atoms. The van der Waals surface area contributed by atoms with Crippen molar-refractivity contribution >= 4 is 10.8 Å². The molecule has 2 saturated carbocycles. The molecule has 4 heteroatoms. The first kappa shape index (κ1) is 23.4. The van der Waals surface area contributed by atoms with Gasteiger partial charge in [0.2, 0.25) is 0 Å². The van der Waals surface area contributed by atoms with Crippen molar-refractivity contribution in [1.29, 1.82) is 0 Å². The van der Waals surface area contributed by atoms with Gasteiger partial charge in [0.25, 0.3) is 0 Å². The van der Waals surface area contributed by atoms with Crippen LogP contribution in [0.15, 0.2) is 30.3 Å². The van der Waals surface area contributed by atoms with Gasteiger partial charge in [-0.05, 0) is 72.8 Å². The number of rotatable bonds is 9. The summed E-state index contributed by atoms with van der Waals surface area (Å²) in [6.45, 7) is -0.747. The van der Waals surface area contributed by atoms with E-state index >= 15 is 0 Å². The van der Waals surface area contributed by atoms with Crippen molar-refractivity contribution < 1.29 is 17.9 Å². The van der Waals surface area contributed by atoms with Gasteiger partial charge in [0.05, 0.1) is 0 Å². The second-order valence-electron chi connectivity index (χ2n) is 10.1. The maximum absolute atomic E-state index is 14.6. The lowest BCUT2D eigenvalue weighted by atomic mass is 9.63. The van der Waals surface area contributed by atoms with E-state index in [1.54, 1.807) is 12.1 Å². The van der Waals surface area contributed by atoms with Crippen LogP contribution in [0.5, 0.6) is 5.75 Å². The summed E-state index contributed by atoms with van der Waals surface area (Å²) >= 11 is 0. The van der Waals surface area contributed by atoms with Gasteiger partial charge < -0.3 is 4.74 Å². The summed E-state index contributed by atoms with van der Waals surface area (Å²) in [5.41, 5.74) is 1.26.